The number of unbranched alkanes of at least 4 members (excludes halogenated alkanes) is 1. The van der Waals surface area contributed by atoms with Crippen LogP contribution in [0.2, 0.25) is 0 Å². The van der Waals surface area contributed by atoms with Crippen LogP contribution in [0.5, 0.6) is 0 Å². The Morgan fingerprint density at radius 2 is 2.00 bits per heavy atom. The standard InChI is InChI=1S/C15H28N2O3/c1-4-5-10-16-15(19)12(2)17(11-14(18)20-3)13-8-6-7-9-13/h12-13H,4-11H2,1-3H3,(H,16,19). The minimum Gasteiger partial charge on any atom is -0.468 e. The second-order valence-corrected chi connectivity index (χ2v) is 5.51. The lowest BCUT2D eigenvalue weighted by atomic mass is 10.1. The molecule has 1 rings (SSSR count). The number of esters is 1. The summed E-state index contributed by atoms with van der Waals surface area (Å²) in [5, 5.41) is 2.95. The van der Waals surface area contributed by atoms with Crippen LogP contribution in [-0.2, 0) is 14.3 Å². The molecule has 5 heteroatoms. The molecule has 0 aromatic heterocycles. The molecule has 0 bridgehead atoms. The Hall–Kier alpha value is -1.10. The minimum absolute atomic E-state index is 0.00857. The molecule has 0 radical (unpaired) electrons. The zero-order chi connectivity index (χ0) is 15.0. The highest BCUT2D eigenvalue weighted by atomic mass is 16.5. The average Bonchev–Trinajstić information content (AvgIpc) is 2.97. The van der Waals surface area contributed by atoms with Gasteiger partial charge in [-0.15, -0.1) is 0 Å². The lowest BCUT2D eigenvalue weighted by molar-refractivity contribution is -0.144. The summed E-state index contributed by atoms with van der Waals surface area (Å²) in [4.78, 5) is 25.8. The van der Waals surface area contributed by atoms with Gasteiger partial charge >= 0.3 is 5.97 Å². The fourth-order valence-corrected chi connectivity index (χ4v) is 2.72. The van der Waals surface area contributed by atoms with Gasteiger partial charge in [0.1, 0.15) is 0 Å². The average molecular weight is 284 g/mol. The molecule has 0 aromatic carbocycles. The predicted molar refractivity (Wildman–Crippen MR) is 78.4 cm³/mol. The third kappa shape index (κ3) is 5.12. The fourth-order valence-electron chi connectivity index (χ4n) is 2.72. The highest BCUT2D eigenvalue weighted by molar-refractivity contribution is 5.82. The first-order valence-electron chi connectivity index (χ1n) is 7.70. The zero-order valence-corrected chi connectivity index (χ0v) is 13.0. The Balaban J connectivity index is 2.60. The second kappa shape index (κ2) is 8.95. The van der Waals surface area contributed by atoms with Crippen LogP contribution in [0, 0.1) is 0 Å². The normalized spacial score (nSPS) is 17.2. The number of carbonyl (C=O) groups excluding carboxylic acids is 2. The van der Waals surface area contributed by atoms with Crippen molar-refractivity contribution in [2.75, 3.05) is 20.2 Å². The van der Waals surface area contributed by atoms with Gasteiger partial charge in [-0.2, -0.15) is 0 Å². The molecule has 1 aliphatic rings. The molecule has 0 aliphatic heterocycles. The van der Waals surface area contributed by atoms with Gasteiger partial charge < -0.3 is 10.1 Å². The van der Waals surface area contributed by atoms with Crippen LogP contribution in [0.1, 0.15) is 52.4 Å². The summed E-state index contributed by atoms with van der Waals surface area (Å²) < 4.78 is 4.76. The Bertz CT molecular complexity index is 314. The molecule has 0 spiro atoms. The highest BCUT2D eigenvalue weighted by Gasteiger charge is 2.31. The van der Waals surface area contributed by atoms with E-state index in [1.807, 2.05) is 11.8 Å². The van der Waals surface area contributed by atoms with Gasteiger partial charge in [0.05, 0.1) is 19.7 Å². The molecule has 1 saturated carbocycles. The number of rotatable bonds is 8. The molecule has 20 heavy (non-hydrogen) atoms. The lowest BCUT2D eigenvalue weighted by Crippen LogP contribution is -2.51. The van der Waals surface area contributed by atoms with E-state index in [0.717, 1.165) is 25.7 Å². The van der Waals surface area contributed by atoms with Gasteiger partial charge in [0.2, 0.25) is 5.91 Å². The van der Waals surface area contributed by atoms with E-state index in [4.69, 9.17) is 4.74 Å². The van der Waals surface area contributed by atoms with E-state index in [9.17, 15) is 9.59 Å². The van der Waals surface area contributed by atoms with Gasteiger partial charge in [0.15, 0.2) is 0 Å². The number of carbonyl (C=O) groups is 2. The molecule has 1 unspecified atom stereocenters. The summed E-state index contributed by atoms with van der Waals surface area (Å²) in [6.07, 6.45) is 6.51. The molecule has 0 saturated heterocycles. The van der Waals surface area contributed by atoms with Gasteiger partial charge in [-0.05, 0) is 26.2 Å². The number of ether oxygens (including phenoxy) is 1. The van der Waals surface area contributed by atoms with Crippen LogP contribution in [0.4, 0.5) is 0 Å². The Morgan fingerprint density at radius 3 is 2.55 bits per heavy atom. The van der Waals surface area contributed by atoms with Crippen molar-refractivity contribution in [2.45, 2.75) is 64.5 Å². The van der Waals surface area contributed by atoms with Crippen molar-refractivity contribution in [1.82, 2.24) is 10.2 Å². The minimum atomic E-state index is -0.283. The van der Waals surface area contributed by atoms with Crippen LogP contribution in [0.15, 0.2) is 0 Å². The SMILES string of the molecule is CCCCNC(=O)C(C)N(CC(=O)OC)C1CCCC1. The van der Waals surface area contributed by atoms with E-state index in [1.54, 1.807) is 0 Å². The third-order valence-electron chi connectivity index (χ3n) is 4.04. The van der Waals surface area contributed by atoms with Crippen LogP contribution in [0.25, 0.3) is 0 Å². The number of nitrogens with one attached hydrogen (secondary N) is 1. The fraction of sp³-hybridized carbons (Fsp3) is 0.867. The van der Waals surface area contributed by atoms with Crippen molar-refractivity contribution in [3.05, 3.63) is 0 Å². The number of nitrogens with zero attached hydrogens (tertiary/aromatic N) is 1. The maximum absolute atomic E-state index is 12.2. The molecule has 1 amide bonds. The van der Waals surface area contributed by atoms with Crippen molar-refractivity contribution >= 4 is 11.9 Å². The van der Waals surface area contributed by atoms with E-state index in [1.165, 1.54) is 20.0 Å². The molecule has 1 fully saturated rings. The third-order valence-corrected chi connectivity index (χ3v) is 4.04. The Labute approximate surface area is 122 Å². The molecule has 1 aliphatic carbocycles. The van der Waals surface area contributed by atoms with Crippen molar-refractivity contribution < 1.29 is 14.3 Å². The van der Waals surface area contributed by atoms with E-state index in [2.05, 4.69) is 12.2 Å². The monoisotopic (exact) mass is 284 g/mol. The van der Waals surface area contributed by atoms with Gasteiger partial charge in [0.25, 0.3) is 0 Å². The number of hydrogen-bond acceptors (Lipinski definition) is 4. The topological polar surface area (TPSA) is 58.6 Å². The van der Waals surface area contributed by atoms with Crippen LogP contribution in [-0.4, -0.2) is 49.1 Å². The van der Waals surface area contributed by atoms with Crippen LogP contribution < -0.4 is 5.32 Å². The lowest BCUT2D eigenvalue weighted by Gasteiger charge is -2.32. The van der Waals surface area contributed by atoms with Crippen LogP contribution in [0.3, 0.4) is 0 Å². The first kappa shape index (κ1) is 17.0. The smallest absolute Gasteiger partial charge is 0.319 e. The molecule has 0 aromatic rings. The van der Waals surface area contributed by atoms with Gasteiger partial charge in [-0.25, -0.2) is 0 Å². The molecule has 116 valence electrons. The quantitative estimate of drug-likeness (QED) is 0.544. The number of methoxy groups -OCH3 is 1. The summed E-state index contributed by atoms with van der Waals surface area (Å²) in [7, 11) is 1.39. The van der Waals surface area contributed by atoms with Gasteiger partial charge in [-0.3, -0.25) is 14.5 Å². The van der Waals surface area contributed by atoms with Crippen molar-refractivity contribution in [2.24, 2.45) is 0 Å². The summed E-state index contributed by atoms with van der Waals surface area (Å²) in [5.74, 6) is -0.264. The molecule has 5 nitrogen and oxygen atoms in total. The maximum Gasteiger partial charge on any atom is 0.319 e. The van der Waals surface area contributed by atoms with Crippen molar-refractivity contribution in [3.63, 3.8) is 0 Å². The first-order valence-corrected chi connectivity index (χ1v) is 7.70. The molecular weight excluding hydrogens is 256 g/mol. The van der Waals surface area contributed by atoms with Crippen molar-refractivity contribution in [1.29, 1.82) is 0 Å². The zero-order valence-electron chi connectivity index (χ0n) is 13.0. The number of amides is 1. The van der Waals surface area contributed by atoms with Crippen LogP contribution >= 0.6 is 0 Å². The van der Waals surface area contributed by atoms with E-state index in [0.29, 0.717) is 12.6 Å². The summed E-state index contributed by atoms with van der Waals surface area (Å²) in [6.45, 7) is 4.88. The van der Waals surface area contributed by atoms with Gasteiger partial charge in [-0.1, -0.05) is 26.2 Å². The summed E-state index contributed by atoms with van der Waals surface area (Å²) in [6, 6.07) is 0.0371. The highest BCUT2D eigenvalue weighted by Crippen LogP contribution is 2.25. The molecule has 1 atom stereocenters. The van der Waals surface area contributed by atoms with E-state index in [-0.39, 0.29) is 24.5 Å². The van der Waals surface area contributed by atoms with E-state index >= 15 is 0 Å². The summed E-state index contributed by atoms with van der Waals surface area (Å²) in [5.41, 5.74) is 0. The Morgan fingerprint density at radius 1 is 1.35 bits per heavy atom. The second-order valence-electron chi connectivity index (χ2n) is 5.51. The maximum atomic E-state index is 12.2. The number of hydrogen-bond donors (Lipinski definition) is 1. The first-order chi connectivity index (χ1) is 9.60. The van der Waals surface area contributed by atoms with Gasteiger partial charge in [0, 0.05) is 12.6 Å². The van der Waals surface area contributed by atoms with E-state index < -0.39 is 0 Å². The molecule has 0 heterocycles. The largest absolute Gasteiger partial charge is 0.468 e. The molecular formula is C15H28N2O3. The predicted octanol–water partition coefficient (Wildman–Crippen LogP) is 1.71. The molecule has 1 N–H and O–H groups in total. The Kier molecular flexibility index (Phi) is 7.59. The van der Waals surface area contributed by atoms with Crippen molar-refractivity contribution in [3.8, 4) is 0 Å². The summed E-state index contributed by atoms with van der Waals surface area (Å²) >= 11 is 0.